The number of halogens is 1. The van der Waals surface area contributed by atoms with E-state index in [1.807, 2.05) is 12.1 Å². The van der Waals surface area contributed by atoms with E-state index in [9.17, 15) is 17.6 Å². The molecule has 1 aliphatic rings. The van der Waals surface area contributed by atoms with Crippen LogP contribution in [0.5, 0.6) is 0 Å². The van der Waals surface area contributed by atoms with Gasteiger partial charge in [0.15, 0.2) is 0 Å². The van der Waals surface area contributed by atoms with Gasteiger partial charge in [-0.15, -0.1) is 10.2 Å². The van der Waals surface area contributed by atoms with Gasteiger partial charge in [0.05, 0.1) is 11.6 Å². The SMILES string of the molecule is O=C(Nc1cccc(F)c1)c1nnc(C2CCCN2S(=O)(=O)c2cccc3cccnc23)s1. The van der Waals surface area contributed by atoms with Gasteiger partial charge in [-0.05, 0) is 43.2 Å². The second-order valence-electron chi connectivity index (χ2n) is 7.51. The van der Waals surface area contributed by atoms with E-state index < -0.39 is 27.8 Å². The molecule has 0 saturated carbocycles. The third kappa shape index (κ3) is 4.10. The molecule has 2 aromatic heterocycles. The quantitative estimate of drug-likeness (QED) is 0.460. The first-order chi connectivity index (χ1) is 15.9. The molecule has 1 atom stereocenters. The van der Waals surface area contributed by atoms with Gasteiger partial charge in [-0.2, -0.15) is 4.31 Å². The first-order valence-corrected chi connectivity index (χ1v) is 12.4. The fourth-order valence-corrected chi connectivity index (χ4v) is 6.68. The third-order valence-corrected chi connectivity index (χ3v) is 8.35. The van der Waals surface area contributed by atoms with Crippen LogP contribution >= 0.6 is 11.3 Å². The smallest absolute Gasteiger partial charge is 0.286 e. The zero-order chi connectivity index (χ0) is 23.0. The number of para-hydroxylation sites is 1. The predicted octanol–water partition coefficient (Wildman–Crippen LogP) is 4.00. The molecule has 2 aromatic carbocycles. The molecule has 4 aromatic rings. The first-order valence-electron chi connectivity index (χ1n) is 10.2. The minimum Gasteiger partial charge on any atom is -0.320 e. The fraction of sp³-hybridized carbons (Fsp3) is 0.182. The van der Waals surface area contributed by atoms with Gasteiger partial charge in [0.25, 0.3) is 5.91 Å². The molecule has 1 aliphatic heterocycles. The molecule has 5 rings (SSSR count). The summed E-state index contributed by atoms with van der Waals surface area (Å²) in [4.78, 5) is 17.0. The Bertz CT molecular complexity index is 1450. The number of amides is 1. The summed E-state index contributed by atoms with van der Waals surface area (Å²) in [7, 11) is -3.86. The molecule has 1 fully saturated rings. The zero-order valence-electron chi connectivity index (χ0n) is 17.2. The number of hydrogen-bond donors (Lipinski definition) is 1. The molecule has 3 heterocycles. The highest BCUT2D eigenvalue weighted by molar-refractivity contribution is 7.89. The van der Waals surface area contributed by atoms with Crippen LogP contribution in [0.4, 0.5) is 10.1 Å². The van der Waals surface area contributed by atoms with Crippen LogP contribution in [0.1, 0.15) is 33.7 Å². The Kier molecular flexibility index (Phi) is 5.60. The van der Waals surface area contributed by atoms with Gasteiger partial charge in [-0.3, -0.25) is 9.78 Å². The molecule has 33 heavy (non-hydrogen) atoms. The summed E-state index contributed by atoms with van der Waals surface area (Å²) in [6.45, 7) is 0.334. The van der Waals surface area contributed by atoms with Gasteiger partial charge in [0.2, 0.25) is 15.0 Å². The Morgan fingerprint density at radius 3 is 2.79 bits per heavy atom. The molecule has 0 bridgehead atoms. The van der Waals surface area contributed by atoms with Crippen LogP contribution in [0.2, 0.25) is 0 Å². The van der Waals surface area contributed by atoms with Crippen molar-refractivity contribution in [2.45, 2.75) is 23.8 Å². The number of anilines is 1. The van der Waals surface area contributed by atoms with E-state index >= 15 is 0 Å². The maximum absolute atomic E-state index is 13.6. The van der Waals surface area contributed by atoms with Crippen LogP contribution in [-0.4, -0.2) is 40.4 Å². The second kappa shape index (κ2) is 8.58. The highest BCUT2D eigenvalue weighted by atomic mass is 32.2. The number of nitrogens with zero attached hydrogens (tertiary/aromatic N) is 4. The number of benzene rings is 2. The van der Waals surface area contributed by atoms with Gasteiger partial charge >= 0.3 is 0 Å². The van der Waals surface area contributed by atoms with Crippen molar-refractivity contribution in [2.75, 3.05) is 11.9 Å². The van der Waals surface area contributed by atoms with Crippen LogP contribution in [0.15, 0.2) is 65.7 Å². The van der Waals surface area contributed by atoms with E-state index in [1.165, 1.54) is 22.5 Å². The number of fused-ring (bicyclic) bond motifs is 1. The number of pyridine rings is 1. The van der Waals surface area contributed by atoms with Gasteiger partial charge in [0, 0.05) is 23.8 Å². The number of rotatable bonds is 5. The number of carbonyl (C=O) groups is 1. The topological polar surface area (TPSA) is 105 Å². The third-order valence-electron chi connectivity index (χ3n) is 5.39. The van der Waals surface area contributed by atoms with Crippen LogP contribution in [-0.2, 0) is 10.0 Å². The standard InChI is InChI=1S/C22H18FN5O3S2/c23-15-7-2-8-16(13-15)25-20(29)22-27-26-21(32-22)17-9-4-12-28(17)33(30,31)18-10-1-5-14-6-3-11-24-19(14)18/h1-3,5-8,10-11,13,17H,4,9,12H2,(H,25,29). The van der Waals surface area contributed by atoms with Crippen molar-refractivity contribution in [3.05, 3.63) is 76.6 Å². The highest BCUT2D eigenvalue weighted by Crippen LogP contribution is 2.38. The summed E-state index contributed by atoms with van der Waals surface area (Å²) in [5.74, 6) is -1.00. The first kappa shape index (κ1) is 21.6. The van der Waals surface area contributed by atoms with E-state index in [1.54, 1.807) is 30.5 Å². The summed E-state index contributed by atoms with van der Waals surface area (Å²) in [6.07, 6.45) is 2.79. The Hall–Kier alpha value is -3.28. The van der Waals surface area contributed by atoms with Crippen molar-refractivity contribution < 1.29 is 17.6 Å². The number of nitrogens with one attached hydrogen (secondary N) is 1. The second-order valence-corrected chi connectivity index (χ2v) is 10.4. The number of aromatic nitrogens is 3. The van der Waals surface area contributed by atoms with Crippen molar-refractivity contribution in [3.63, 3.8) is 0 Å². The van der Waals surface area contributed by atoms with E-state index in [0.717, 1.165) is 16.7 Å². The van der Waals surface area contributed by atoms with E-state index in [0.29, 0.717) is 35.6 Å². The fourth-order valence-electron chi connectivity index (χ4n) is 3.90. The molecule has 0 spiro atoms. The lowest BCUT2D eigenvalue weighted by atomic mass is 10.2. The van der Waals surface area contributed by atoms with Gasteiger partial charge in [-0.1, -0.05) is 35.6 Å². The molecule has 1 N–H and O–H groups in total. The summed E-state index contributed by atoms with van der Waals surface area (Å²) >= 11 is 1.03. The predicted molar refractivity (Wildman–Crippen MR) is 122 cm³/mol. The molecule has 0 radical (unpaired) electrons. The van der Waals surface area contributed by atoms with Gasteiger partial charge < -0.3 is 5.32 Å². The van der Waals surface area contributed by atoms with Crippen LogP contribution in [0.25, 0.3) is 10.9 Å². The Balaban J connectivity index is 1.42. The molecule has 0 aliphatic carbocycles. The maximum atomic E-state index is 13.6. The normalized spacial score (nSPS) is 16.8. The molecule has 11 heteroatoms. The molecule has 1 unspecified atom stereocenters. The highest BCUT2D eigenvalue weighted by Gasteiger charge is 2.39. The van der Waals surface area contributed by atoms with Crippen molar-refractivity contribution in [3.8, 4) is 0 Å². The van der Waals surface area contributed by atoms with Crippen molar-refractivity contribution >= 4 is 43.9 Å². The molecule has 168 valence electrons. The largest absolute Gasteiger partial charge is 0.320 e. The summed E-state index contributed by atoms with van der Waals surface area (Å²) in [5, 5.41) is 11.9. The maximum Gasteiger partial charge on any atom is 0.286 e. The Morgan fingerprint density at radius 2 is 1.94 bits per heavy atom. The molecular formula is C22H18FN5O3S2. The monoisotopic (exact) mass is 483 g/mol. The average molecular weight is 484 g/mol. The molecule has 1 saturated heterocycles. The summed E-state index contributed by atoms with van der Waals surface area (Å²) in [6, 6.07) is 13.6. The van der Waals surface area contributed by atoms with E-state index in [4.69, 9.17) is 0 Å². The van der Waals surface area contributed by atoms with Gasteiger partial charge in [0.1, 0.15) is 15.7 Å². The van der Waals surface area contributed by atoms with Crippen molar-refractivity contribution in [1.29, 1.82) is 0 Å². The van der Waals surface area contributed by atoms with Crippen LogP contribution < -0.4 is 5.32 Å². The molecule has 8 nitrogen and oxygen atoms in total. The lowest BCUT2D eigenvalue weighted by Gasteiger charge is -2.22. The minimum absolute atomic E-state index is 0.0744. The minimum atomic E-state index is -3.86. The van der Waals surface area contributed by atoms with Crippen LogP contribution in [0.3, 0.4) is 0 Å². The number of carbonyl (C=O) groups excluding carboxylic acids is 1. The van der Waals surface area contributed by atoms with Crippen LogP contribution in [0, 0.1) is 5.82 Å². The summed E-state index contributed by atoms with van der Waals surface area (Å²) < 4.78 is 41.9. The average Bonchev–Trinajstić information content (AvgIpc) is 3.49. The van der Waals surface area contributed by atoms with Crippen molar-refractivity contribution in [2.24, 2.45) is 0 Å². The Labute approximate surface area is 193 Å². The number of hydrogen-bond acceptors (Lipinski definition) is 7. The lowest BCUT2D eigenvalue weighted by Crippen LogP contribution is -2.31. The number of sulfonamides is 1. The van der Waals surface area contributed by atoms with E-state index in [-0.39, 0.29) is 9.90 Å². The zero-order valence-corrected chi connectivity index (χ0v) is 18.8. The summed E-state index contributed by atoms with van der Waals surface area (Å²) in [5.41, 5.74) is 0.711. The molecular weight excluding hydrogens is 465 g/mol. The molecule has 1 amide bonds. The van der Waals surface area contributed by atoms with Crippen molar-refractivity contribution in [1.82, 2.24) is 19.5 Å². The lowest BCUT2D eigenvalue weighted by molar-refractivity contribution is 0.102. The van der Waals surface area contributed by atoms with Gasteiger partial charge in [-0.25, -0.2) is 12.8 Å². The van der Waals surface area contributed by atoms with E-state index in [2.05, 4.69) is 20.5 Å². The Morgan fingerprint density at radius 1 is 1.12 bits per heavy atom.